The van der Waals surface area contributed by atoms with Crippen LogP contribution in [0.5, 0.6) is 0 Å². The van der Waals surface area contributed by atoms with E-state index in [4.69, 9.17) is 4.74 Å². The second-order valence-electron chi connectivity index (χ2n) is 6.70. The minimum atomic E-state index is -0.350. The van der Waals surface area contributed by atoms with Crippen LogP contribution in [0.3, 0.4) is 0 Å². The molecule has 1 aromatic carbocycles. The van der Waals surface area contributed by atoms with Gasteiger partial charge < -0.3 is 9.64 Å². The summed E-state index contributed by atoms with van der Waals surface area (Å²) < 4.78 is 5.82. The van der Waals surface area contributed by atoms with Gasteiger partial charge in [-0.05, 0) is 38.8 Å². The zero-order valence-corrected chi connectivity index (χ0v) is 13.9. The van der Waals surface area contributed by atoms with Crippen molar-refractivity contribution in [3.05, 3.63) is 34.4 Å². The summed E-state index contributed by atoms with van der Waals surface area (Å²) in [4.78, 5) is 15.3. The zero-order chi connectivity index (χ0) is 16.4. The molecule has 2 saturated heterocycles. The lowest BCUT2D eigenvalue weighted by Crippen LogP contribution is -2.53. The summed E-state index contributed by atoms with van der Waals surface area (Å²) in [6, 6.07) is 7.52. The average molecular weight is 319 g/mol. The predicted molar refractivity (Wildman–Crippen MR) is 89.9 cm³/mol. The number of benzene rings is 1. The number of rotatable bonds is 3. The molecule has 2 heterocycles. The van der Waals surface area contributed by atoms with Crippen molar-refractivity contribution in [1.82, 2.24) is 4.90 Å². The van der Waals surface area contributed by atoms with Crippen LogP contribution < -0.4 is 4.90 Å². The number of non-ortho nitro benzene ring substituents is 1. The number of hydrogen-bond donors (Lipinski definition) is 0. The molecule has 0 bridgehead atoms. The summed E-state index contributed by atoms with van der Waals surface area (Å²) in [5.41, 5.74) is 1.23. The molecule has 2 fully saturated rings. The third-order valence-electron chi connectivity index (χ3n) is 4.85. The Bertz CT molecular complexity index is 531. The van der Waals surface area contributed by atoms with E-state index in [1.54, 1.807) is 12.1 Å². The monoisotopic (exact) mass is 319 g/mol. The van der Waals surface area contributed by atoms with Crippen molar-refractivity contribution >= 4 is 11.4 Å². The minimum Gasteiger partial charge on any atom is -0.373 e. The number of nitro groups is 1. The standard InChI is InChI=1S/C17H25N3O3/c1-13-11-19(12-14(2)23-13)16-7-9-18(10-8-16)15-3-5-17(6-4-15)20(21)22/h3-6,13-14,16H,7-12H2,1-2H3. The smallest absolute Gasteiger partial charge is 0.269 e. The topological polar surface area (TPSA) is 58.9 Å². The molecule has 2 atom stereocenters. The Hall–Kier alpha value is -1.66. The van der Waals surface area contributed by atoms with E-state index in [0.29, 0.717) is 18.2 Å². The second kappa shape index (κ2) is 6.84. The van der Waals surface area contributed by atoms with Crippen LogP contribution in [0.2, 0.25) is 0 Å². The Morgan fingerprint density at radius 2 is 1.65 bits per heavy atom. The molecule has 6 nitrogen and oxygen atoms in total. The molecule has 6 heteroatoms. The van der Waals surface area contributed by atoms with Crippen LogP contribution in [-0.4, -0.2) is 54.3 Å². The second-order valence-corrected chi connectivity index (χ2v) is 6.70. The number of nitrogens with zero attached hydrogens (tertiary/aromatic N) is 3. The number of hydrogen-bond acceptors (Lipinski definition) is 5. The van der Waals surface area contributed by atoms with Gasteiger partial charge in [0.25, 0.3) is 5.69 Å². The van der Waals surface area contributed by atoms with E-state index in [-0.39, 0.29) is 10.6 Å². The lowest BCUT2D eigenvalue weighted by atomic mass is 10.0. The van der Waals surface area contributed by atoms with Gasteiger partial charge in [-0.2, -0.15) is 0 Å². The highest BCUT2D eigenvalue weighted by atomic mass is 16.6. The summed E-state index contributed by atoms with van der Waals surface area (Å²) in [6.45, 7) is 8.34. The van der Waals surface area contributed by atoms with E-state index in [1.807, 2.05) is 12.1 Å². The Balaban J connectivity index is 1.56. The average Bonchev–Trinajstić information content (AvgIpc) is 2.54. The summed E-state index contributed by atoms with van der Waals surface area (Å²) >= 11 is 0. The van der Waals surface area contributed by atoms with Crippen LogP contribution in [0.15, 0.2) is 24.3 Å². The van der Waals surface area contributed by atoms with Crippen molar-refractivity contribution in [2.45, 2.75) is 44.9 Å². The summed E-state index contributed by atoms with van der Waals surface area (Å²) in [5, 5.41) is 10.7. The Morgan fingerprint density at radius 1 is 1.09 bits per heavy atom. The highest BCUT2D eigenvalue weighted by Crippen LogP contribution is 2.26. The number of ether oxygens (including phenoxy) is 1. The first-order valence-electron chi connectivity index (χ1n) is 8.42. The van der Waals surface area contributed by atoms with Crippen molar-refractivity contribution < 1.29 is 9.66 Å². The molecule has 3 rings (SSSR count). The quantitative estimate of drug-likeness (QED) is 0.633. The molecule has 0 spiro atoms. The Labute approximate surface area is 137 Å². The molecule has 126 valence electrons. The Morgan fingerprint density at radius 3 is 2.17 bits per heavy atom. The van der Waals surface area contributed by atoms with Crippen molar-refractivity contribution in [2.75, 3.05) is 31.1 Å². The minimum absolute atomic E-state index is 0.153. The van der Waals surface area contributed by atoms with E-state index >= 15 is 0 Å². The number of piperidine rings is 1. The first-order valence-corrected chi connectivity index (χ1v) is 8.42. The third-order valence-corrected chi connectivity index (χ3v) is 4.85. The van der Waals surface area contributed by atoms with Gasteiger partial charge in [-0.1, -0.05) is 0 Å². The van der Waals surface area contributed by atoms with Gasteiger partial charge >= 0.3 is 0 Å². The van der Waals surface area contributed by atoms with Crippen LogP contribution >= 0.6 is 0 Å². The molecule has 0 aromatic heterocycles. The molecule has 2 unspecified atom stereocenters. The first-order chi connectivity index (χ1) is 11.0. The zero-order valence-electron chi connectivity index (χ0n) is 13.9. The molecular formula is C17H25N3O3. The fourth-order valence-corrected chi connectivity index (χ4v) is 3.79. The summed E-state index contributed by atoms with van der Waals surface area (Å²) in [5.74, 6) is 0. The molecule has 0 saturated carbocycles. The van der Waals surface area contributed by atoms with Crippen molar-refractivity contribution in [3.8, 4) is 0 Å². The van der Waals surface area contributed by atoms with Crippen LogP contribution in [-0.2, 0) is 4.74 Å². The molecule has 1 aromatic rings. The van der Waals surface area contributed by atoms with Crippen molar-refractivity contribution in [3.63, 3.8) is 0 Å². The van der Waals surface area contributed by atoms with Crippen molar-refractivity contribution in [2.24, 2.45) is 0 Å². The van der Waals surface area contributed by atoms with Gasteiger partial charge in [-0.15, -0.1) is 0 Å². The number of anilines is 1. The fourth-order valence-electron chi connectivity index (χ4n) is 3.79. The van der Waals surface area contributed by atoms with Crippen LogP contribution in [0.1, 0.15) is 26.7 Å². The maximum absolute atomic E-state index is 10.7. The molecule has 23 heavy (non-hydrogen) atoms. The van der Waals surface area contributed by atoms with Crippen LogP contribution in [0.4, 0.5) is 11.4 Å². The normalized spacial score (nSPS) is 27.1. The van der Waals surface area contributed by atoms with E-state index in [9.17, 15) is 10.1 Å². The fraction of sp³-hybridized carbons (Fsp3) is 0.647. The predicted octanol–water partition coefficient (Wildman–Crippen LogP) is 2.67. The molecule has 2 aliphatic heterocycles. The summed E-state index contributed by atoms with van der Waals surface area (Å²) in [6.07, 6.45) is 2.89. The van der Waals surface area contributed by atoms with E-state index in [1.165, 1.54) is 0 Å². The highest BCUT2D eigenvalue weighted by Gasteiger charge is 2.30. The van der Waals surface area contributed by atoms with Crippen LogP contribution in [0, 0.1) is 10.1 Å². The highest BCUT2D eigenvalue weighted by molar-refractivity contribution is 5.51. The molecule has 0 radical (unpaired) electrons. The molecule has 0 amide bonds. The third kappa shape index (κ3) is 3.82. The number of nitro benzene ring substituents is 1. The van der Waals surface area contributed by atoms with Gasteiger partial charge in [-0.25, -0.2) is 0 Å². The SMILES string of the molecule is CC1CN(C2CCN(c3ccc([N+](=O)[O-])cc3)CC2)CC(C)O1. The van der Waals surface area contributed by atoms with Gasteiger partial charge in [0.15, 0.2) is 0 Å². The van der Waals surface area contributed by atoms with Crippen LogP contribution in [0.25, 0.3) is 0 Å². The summed E-state index contributed by atoms with van der Waals surface area (Å²) in [7, 11) is 0. The van der Waals surface area contributed by atoms with E-state index in [2.05, 4.69) is 23.6 Å². The van der Waals surface area contributed by atoms with Gasteiger partial charge in [0.05, 0.1) is 17.1 Å². The molecule has 0 N–H and O–H groups in total. The lowest BCUT2D eigenvalue weighted by molar-refractivity contribution is -0.384. The van der Waals surface area contributed by atoms with Crippen molar-refractivity contribution in [1.29, 1.82) is 0 Å². The largest absolute Gasteiger partial charge is 0.373 e. The Kier molecular flexibility index (Phi) is 4.82. The molecular weight excluding hydrogens is 294 g/mol. The maximum atomic E-state index is 10.7. The molecule has 2 aliphatic rings. The van der Waals surface area contributed by atoms with E-state index < -0.39 is 0 Å². The number of morpholine rings is 1. The van der Waals surface area contributed by atoms with E-state index in [0.717, 1.165) is 44.7 Å². The van der Waals surface area contributed by atoms with Gasteiger partial charge in [0.2, 0.25) is 0 Å². The maximum Gasteiger partial charge on any atom is 0.269 e. The lowest BCUT2D eigenvalue weighted by Gasteiger charge is -2.44. The first kappa shape index (κ1) is 16.2. The molecule has 0 aliphatic carbocycles. The van der Waals surface area contributed by atoms with Gasteiger partial charge in [-0.3, -0.25) is 15.0 Å². The van der Waals surface area contributed by atoms with Gasteiger partial charge in [0, 0.05) is 50.0 Å². The van der Waals surface area contributed by atoms with Gasteiger partial charge in [0.1, 0.15) is 0 Å².